The van der Waals surface area contributed by atoms with Gasteiger partial charge in [0.1, 0.15) is 0 Å². The lowest BCUT2D eigenvalue weighted by molar-refractivity contribution is 0.444. The second-order valence-corrected chi connectivity index (χ2v) is 6.68. The minimum absolute atomic E-state index is 0.330. The third-order valence-corrected chi connectivity index (χ3v) is 5.39. The van der Waals surface area contributed by atoms with Crippen molar-refractivity contribution >= 4 is 10.0 Å². The Morgan fingerprint density at radius 2 is 1.72 bits per heavy atom. The summed E-state index contributed by atoms with van der Waals surface area (Å²) in [5, 5.41) is 0. The Balaban J connectivity index is 3.35. The minimum Gasteiger partial charge on any atom is -0.207 e. The summed E-state index contributed by atoms with van der Waals surface area (Å²) in [4.78, 5) is 0.442. The molecule has 0 heterocycles. The van der Waals surface area contributed by atoms with Crippen molar-refractivity contribution in [2.24, 2.45) is 0 Å². The highest BCUT2D eigenvalue weighted by atomic mass is 32.2. The molecule has 0 saturated carbocycles. The van der Waals surface area contributed by atoms with Crippen LogP contribution in [0.3, 0.4) is 0 Å². The summed E-state index contributed by atoms with van der Waals surface area (Å²) in [5.74, 6) is 0.330. The van der Waals surface area contributed by atoms with Gasteiger partial charge in [-0.3, -0.25) is 0 Å². The van der Waals surface area contributed by atoms with Crippen LogP contribution in [-0.4, -0.2) is 25.8 Å². The third-order valence-electron chi connectivity index (χ3n) is 3.20. The van der Waals surface area contributed by atoms with Gasteiger partial charge in [0.25, 0.3) is 0 Å². The molecule has 1 rings (SSSR count). The van der Waals surface area contributed by atoms with E-state index in [9.17, 15) is 8.42 Å². The topological polar surface area (TPSA) is 37.4 Å². The van der Waals surface area contributed by atoms with Gasteiger partial charge < -0.3 is 0 Å². The van der Waals surface area contributed by atoms with E-state index in [1.807, 2.05) is 39.0 Å². The van der Waals surface area contributed by atoms with Crippen molar-refractivity contribution in [2.75, 3.05) is 13.1 Å². The first-order valence-corrected chi connectivity index (χ1v) is 7.89. The molecule has 0 amide bonds. The van der Waals surface area contributed by atoms with E-state index in [0.717, 1.165) is 11.1 Å². The van der Waals surface area contributed by atoms with Crippen molar-refractivity contribution in [2.45, 2.75) is 45.4 Å². The third kappa shape index (κ3) is 2.93. The van der Waals surface area contributed by atoms with Gasteiger partial charge in [-0.15, -0.1) is 0 Å². The van der Waals surface area contributed by atoms with Crippen molar-refractivity contribution in [1.29, 1.82) is 0 Å². The molecule has 0 aliphatic rings. The molecule has 4 heteroatoms. The molecule has 1 aromatic rings. The fraction of sp³-hybridized carbons (Fsp3) is 0.571. The Labute approximate surface area is 111 Å². The van der Waals surface area contributed by atoms with Crippen molar-refractivity contribution in [3.05, 3.63) is 29.3 Å². The molecule has 0 fully saturated rings. The lowest BCUT2D eigenvalue weighted by Crippen LogP contribution is -2.31. The van der Waals surface area contributed by atoms with E-state index in [-0.39, 0.29) is 0 Å². The highest BCUT2D eigenvalue weighted by Crippen LogP contribution is 2.24. The van der Waals surface area contributed by atoms with E-state index in [0.29, 0.717) is 23.9 Å². The highest BCUT2D eigenvalue weighted by Gasteiger charge is 2.23. The predicted octanol–water partition coefficient (Wildman–Crippen LogP) is 3.15. The van der Waals surface area contributed by atoms with Crippen molar-refractivity contribution < 1.29 is 8.42 Å². The van der Waals surface area contributed by atoms with Crippen molar-refractivity contribution in [3.63, 3.8) is 0 Å². The van der Waals surface area contributed by atoms with Gasteiger partial charge in [-0.25, -0.2) is 8.42 Å². The molecule has 0 unspecified atom stereocenters. The number of rotatable bonds is 5. The van der Waals surface area contributed by atoms with Crippen LogP contribution in [0.25, 0.3) is 0 Å². The summed E-state index contributed by atoms with van der Waals surface area (Å²) < 4.78 is 26.5. The summed E-state index contributed by atoms with van der Waals surface area (Å²) in [6.07, 6.45) is 0. The first-order chi connectivity index (χ1) is 8.34. The summed E-state index contributed by atoms with van der Waals surface area (Å²) in [6.45, 7) is 10.7. The Kier molecular flexibility index (Phi) is 4.93. The number of aryl methyl sites for hydroxylation is 1. The van der Waals surface area contributed by atoms with Crippen LogP contribution in [-0.2, 0) is 10.0 Å². The van der Waals surface area contributed by atoms with Crippen LogP contribution in [0.1, 0.15) is 44.7 Å². The van der Waals surface area contributed by atoms with Crippen LogP contribution in [0.5, 0.6) is 0 Å². The quantitative estimate of drug-likeness (QED) is 0.823. The van der Waals surface area contributed by atoms with E-state index < -0.39 is 10.0 Å². The Morgan fingerprint density at radius 1 is 1.17 bits per heavy atom. The van der Waals surface area contributed by atoms with E-state index in [1.54, 1.807) is 0 Å². The van der Waals surface area contributed by atoms with Crippen molar-refractivity contribution in [1.82, 2.24) is 4.31 Å². The summed E-state index contributed by atoms with van der Waals surface area (Å²) in [7, 11) is -3.35. The normalized spacial score (nSPS) is 12.4. The van der Waals surface area contributed by atoms with Gasteiger partial charge in [0, 0.05) is 13.1 Å². The lowest BCUT2D eigenvalue weighted by atomic mass is 10.0. The number of sulfonamides is 1. The van der Waals surface area contributed by atoms with Gasteiger partial charge in [0.2, 0.25) is 10.0 Å². The van der Waals surface area contributed by atoms with Crippen LogP contribution in [0.15, 0.2) is 23.1 Å². The Bertz CT molecular complexity index is 503. The summed E-state index contributed by atoms with van der Waals surface area (Å²) >= 11 is 0. The van der Waals surface area contributed by atoms with E-state index >= 15 is 0 Å². The molecule has 0 atom stereocenters. The Hall–Kier alpha value is -0.870. The van der Waals surface area contributed by atoms with Gasteiger partial charge in [-0.05, 0) is 30.0 Å². The van der Waals surface area contributed by atoms with Gasteiger partial charge in [-0.1, -0.05) is 39.8 Å². The molecule has 18 heavy (non-hydrogen) atoms. The average Bonchev–Trinajstić information content (AvgIpc) is 2.30. The monoisotopic (exact) mass is 269 g/mol. The Morgan fingerprint density at radius 3 is 2.17 bits per heavy atom. The van der Waals surface area contributed by atoms with Crippen LogP contribution in [0.4, 0.5) is 0 Å². The molecule has 1 aromatic carbocycles. The molecular formula is C14H23NO2S. The van der Waals surface area contributed by atoms with Gasteiger partial charge in [0.05, 0.1) is 4.90 Å². The van der Waals surface area contributed by atoms with Crippen LogP contribution in [0, 0.1) is 6.92 Å². The zero-order valence-electron chi connectivity index (χ0n) is 11.9. The van der Waals surface area contributed by atoms with Gasteiger partial charge >= 0.3 is 0 Å². The maximum absolute atomic E-state index is 12.5. The van der Waals surface area contributed by atoms with Gasteiger partial charge in [0.15, 0.2) is 0 Å². The first kappa shape index (κ1) is 15.2. The van der Waals surface area contributed by atoms with Crippen LogP contribution < -0.4 is 0 Å². The number of nitrogens with zero attached hydrogens (tertiary/aromatic N) is 1. The molecule has 0 aliphatic carbocycles. The number of benzene rings is 1. The second kappa shape index (κ2) is 5.85. The predicted molar refractivity (Wildman–Crippen MR) is 75.4 cm³/mol. The van der Waals surface area contributed by atoms with E-state index in [2.05, 4.69) is 13.8 Å². The van der Waals surface area contributed by atoms with E-state index in [4.69, 9.17) is 0 Å². The van der Waals surface area contributed by atoms with Crippen molar-refractivity contribution in [3.8, 4) is 0 Å². The maximum Gasteiger partial charge on any atom is 0.243 e. The molecule has 0 aromatic heterocycles. The second-order valence-electron chi connectivity index (χ2n) is 4.77. The highest BCUT2D eigenvalue weighted by molar-refractivity contribution is 7.89. The molecule has 0 aliphatic heterocycles. The fourth-order valence-corrected chi connectivity index (χ4v) is 3.67. The first-order valence-electron chi connectivity index (χ1n) is 6.45. The molecule has 102 valence electrons. The fourth-order valence-electron chi connectivity index (χ4n) is 1.96. The summed E-state index contributed by atoms with van der Waals surface area (Å²) in [5.41, 5.74) is 1.87. The molecule has 0 spiro atoms. The zero-order valence-corrected chi connectivity index (χ0v) is 12.7. The zero-order chi connectivity index (χ0) is 13.9. The molecule has 3 nitrogen and oxygen atoms in total. The number of hydrogen-bond acceptors (Lipinski definition) is 2. The minimum atomic E-state index is -3.35. The molecular weight excluding hydrogens is 246 g/mol. The van der Waals surface area contributed by atoms with Gasteiger partial charge in [-0.2, -0.15) is 4.31 Å². The standard InChI is InChI=1S/C14H23NO2S/c1-6-15(7-2)18(16,17)14-10-13(11(3)4)9-8-12(14)5/h8-11H,6-7H2,1-5H3. The number of hydrogen-bond donors (Lipinski definition) is 0. The maximum atomic E-state index is 12.5. The largest absolute Gasteiger partial charge is 0.243 e. The van der Waals surface area contributed by atoms with Crippen LogP contribution >= 0.6 is 0 Å². The molecule has 0 bridgehead atoms. The molecule has 0 saturated heterocycles. The molecule has 0 radical (unpaired) electrons. The smallest absolute Gasteiger partial charge is 0.207 e. The lowest BCUT2D eigenvalue weighted by Gasteiger charge is -2.20. The summed E-state index contributed by atoms with van der Waals surface area (Å²) in [6, 6.07) is 5.71. The van der Waals surface area contributed by atoms with Crippen LogP contribution in [0.2, 0.25) is 0 Å². The SMILES string of the molecule is CCN(CC)S(=O)(=O)c1cc(C(C)C)ccc1C. The van der Waals surface area contributed by atoms with E-state index in [1.165, 1.54) is 4.31 Å². The molecule has 0 N–H and O–H groups in total. The average molecular weight is 269 g/mol.